The first-order chi connectivity index (χ1) is 14.1. The van der Waals surface area contributed by atoms with Crippen molar-refractivity contribution in [2.75, 3.05) is 19.6 Å². The van der Waals surface area contributed by atoms with Crippen LogP contribution in [0, 0.1) is 17.8 Å². The van der Waals surface area contributed by atoms with Gasteiger partial charge in [-0.05, 0) is 42.1 Å². The number of nitrogens with one attached hydrogen (secondary N) is 1. The monoisotopic (exact) mass is 476 g/mol. The number of amides is 1. The first-order valence-corrected chi connectivity index (χ1v) is 12.6. The van der Waals surface area contributed by atoms with Gasteiger partial charge in [0.15, 0.2) is 5.60 Å². The average molecular weight is 477 g/mol. The molecule has 3 unspecified atom stereocenters. The van der Waals surface area contributed by atoms with Gasteiger partial charge in [-0.2, -0.15) is 0 Å². The molecule has 1 saturated heterocycles. The lowest BCUT2D eigenvalue weighted by Crippen LogP contribution is -2.51. The van der Waals surface area contributed by atoms with Crippen LogP contribution in [-0.2, 0) is 10.4 Å². The molecule has 4 aliphatic rings. The van der Waals surface area contributed by atoms with Crippen LogP contribution in [-0.4, -0.2) is 46.8 Å². The lowest BCUT2D eigenvalue weighted by molar-refractivity contribution is -0.147. The number of nitrogens with zero attached hydrogens (tertiary/aromatic N) is 1. The van der Waals surface area contributed by atoms with Crippen LogP contribution >= 0.6 is 27.7 Å². The van der Waals surface area contributed by atoms with Crippen molar-refractivity contribution in [2.45, 2.75) is 49.0 Å². The van der Waals surface area contributed by atoms with Gasteiger partial charge in [0.1, 0.15) is 0 Å². The van der Waals surface area contributed by atoms with Gasteiger partial charge in [-0.1, -0.05) is 59.1 Å². The first kappa shape index (κ1) is 20.1. The van der Waals surface area contributed by atoms with E-state index in [-0.39, 0.29) is 17.9 Å². The Hall–Kier alpha value is -0.820. The van der Waals surface area contributed by atoms with Crippen LogP contribution in [0.15, 0.2) is 40.2 Å². The Morgan fingerprint density at radius 2 is 1.90 bits per heavy atom. The Balaban J connectivity index is 1.20. The molecule has 6 heteroatoms. The standard InChI is InChI=1S/C23H29BrN2O2S/c24-17-10-18(29-14-17)11-26-12-19-20(13-26)21(19)25-22(27)23(28,16-8-4-5-9-16)15-6-2-1-3-7-15/h1-3,6-7,14,16,18-21,28H,4-5,8-13H2,(H,25,27)/t18?,19-,20+,21?,23?. The Morgan fingerprint density at radius 3 is 2.52 bits per heavy atom. The molecule has 0 aromatic heterocycles. The number of likely N-dealkylation sites (tertiary alicyclic amines) is 1. The summed E-state index contributed by atoms with van der Waals surface area (Å²) in [5, 5.41) is 17.7. The molecule has 2 aliphatic carbocycles. The molecule has 1 aromatic rings. The number of benzene rings is 1. The summed E-state index contributed by atoms with van der Waals surface area (Å²) >= 11 is 5.53. The van der Waals surface area contributed by atoms with Crippen molar-refractivity contribution in [2.24, 2.45) is 17.8 Å². The number of hydrogen-bond acceptors (Lipinski definition) is 4. The highest BCUT2D eigenvalue weighted by atomic mass is 79.9. The molecule has 0 bridgehead atoms. The van der Waals surface area contributed by atoms with Gasteiger partial charge in [-0.15, -0.1) is 11.8 Å². The minimum absolute atomic E-state index is 0.0188. The van der Waals surface area contributed by atoms with Crippen molar-refractivity contribution >= 4 is 33.6 Å². The van der Waals surface area contributed by atoms with Crippen molar-refractivity contribution in [1.29, 1.82) is 0 Å². The van der Waals surface area contributed by atoms with Gasteiger partial charge in [-0.3, -0.25) is 4.79 Å². The third-order valence-corrected chi connectivity index (χ3v) is 9.32. The lowest BCUT2D eigenvalue weighted by Gasteiger charge is -2.34. The topological polar surface area (TPSA) is 52.6 Å². The van der Waals surface area contributed by atoms with Crippen molar-refractivity contribution in [1.82, 2.24) is 10.2 Å². The quantitative estimate of drug-likeness (QED) is 0.654. The number of carbonyl (C=O) groups excluding carboxylic acids is 1. The van der Waals surface area contributed by atoms with E-state index in [1.165, 1.54) is 4.48 Å². The average Bonchev–Trinajstić information content (AvgIpc) is 3.25. The zero-order chi connectivity index (χ0) is 20.0. The van der Waals surface area contributed by atoms with Crippen molar-refractivity contribution < 1.29 is 9.90 Å². The number of aliphatic hydroxyl groups is 1. The molecule has 2 aliphatic heterocycles. The van der Waals surface area contributed by atoms with E-state index < -0.39 is 5.60 Å². The van der Waals surface area contributed by atoms with E-state index in [0.29, 0.717) is 17.1 Å². The summed E-state index contributed by atoms with van der Waals surface area (Å²) in [7, 11) is 0. The fraction of sp³-hybridized carbons (Fsp3) is 0.609. The minimum Gasteiger partial charge on any atom is -0.375 e. The highest BCUT2D eigenvalue weighted by molar-refractivity contribution is 9.11. The molecule has 3 fully saturated rings. The summed E-state index contributed by atoms with van der Waals surface area (Å²) in [6.45, 7) is 3.26. The van der Waals surface area contributed by atoms with Crippen LogP contribution in [0.1, 0.15) is 37.7 Å². The third kappa shape index (κ3) is 3.82. The summed E-state index contributed by atoms with van der Waals surface area (Å²) in [5.41, 5.74) is -0.652. The van der Waals surface area contributed by atoms with Crippen LogP contribution < -0.4 is 5.32 Å². The Kier molecular flexibility index (Phi) is 5.56. The number of halogens is 1. The van der Waals surface area contributed by atoms with E-state index >= 15 is 0 Å². The summed E-state index contributed by atoms with van der Waals surface area (Å²) in [5.74, 6) is 0.932. The van der Waals surface area contributed by atoms with E-state index in [2.05, 4.69) is 31.6 Å². The van der Waals surface area contributed by atoms with Gasteiger partial charge >= 0.3 is 0 Å². The Bertz CT molecular complexity index is 785. The largest absolute Gasteiger partial charge is 0.375 e. The summed E-state index contributed by atoms with van der Waals surface area (Å²) < 4.78 is 1.31. The SMILES string of the molecule is O=C(NC1[C@H]2CN(CC3CC(Br)=CS3)C[C@@H]12)C(O)(c1ccccc1)C1CCCC1. The Morgan fingerprint density at radius 1 is 1.21 bits per heavy atom. The molecule has 0 radical (unpaired) electrons. The number of piperidine rings is 1. The maximum atomic E-state index is 13.3. The molecular formula is C23H29BrN2O2S. The van der Waals surface area contributed by atoms with E-state index in [0.717, 1.165) is 57.3 Å². The first-order valence-electron chi connectivity index (χ1n) is 10.9. The minimum atomic E-state index is -1.40. The maximum Gasteiger partial charge on any atom is 0.257 e. The van der Waals surface area contributed by atoms with Crippen LogP contribution in [0.2, 0.25) is 0 Å². The van der Waals surface area contributed by atoms with Crippen LogP contribution in [0.25, 0.3) is 0 Å². The number of fused-ring (bicyclic) bond motifs is 1. The molecule has 4 nitrogen and oxygen atoms in total. The molecule has 5 rings (SSSR count). The molecule has 0 spiro atoms. The molecule has 2 heterocycles. The molecule has 2 saturated carbocycles. The second kappa shape index (κ2) is 8.03. The second-order valence-electron chi connectivity index (χ2n) is 9.19. The van der Waals surface area contributed by atoms with E-state index in [4.69, 9.17) is 0 Å². The van der Waals surface area contributed by atoms with Gasteiger partial charge in [-0.25, -0.2) is 0 Å². The molecule has 29 heavy (non-hydrogen) atoms. The maximum absolute atomic E-state index is 13.3. The normalized spacial score (nSPS) is 33.9. The van der Waals surface area contributed by atoms with Gasteiger partial charge in [0, 0.05) is 41.3 Å². The lowest BCUT2D eigenvalue weighted by atomic mass is 9.79. The van der Waals surface area contributed by atoms with Crippen molar-refractivity contribution in [3.8, 4) is 0 Å². The zero-order valence-corrected chi connectivity index (χ0v) is 19.0. The summed E-state index contributed by atoms with van der Waals surface area (Å²) in [6, 6.07) is 9.81. The summed E-state index contributed by atoms with van der Waals surface area (Å²) in [4.78, 5) is 15.9. The van der Waals surface area contributed by atoms with Crippen molar-refractivity contribution in [3.05, 3.63) is 45.8 Å². The highest BCUT2D eigenvalue weighted by Gasteiger charge is 2.58. The van der Waals surface area contributed by atoms with E-state index in [1.807, 2.05) is 42.1 Å². The second-order valence-corrected chi connectivity index (χ2v) is 11.4. The smallest absolute Gasteiger partial charge is 0.257 e. The fourth-order valence-corrected chi connectivity index (χ4v) is 7.64. The predicted molar refractivity (Wildman–Crippen MR) is 121 cm³/mol. The van der Waals surface area contributed by atoms with Crippen LogP contribution in [0.3, 0.4) is 0 Å². The van der Waals surface area contributed by atoms with E-state index in [9.17, 15) is 9.90 Å². The van der Waals surface area contributed by atoms with Crippen molar-refractivity contribution in [3.63, 3.8) is 0 Å². The molecule has 1 amide bonds. The van der Waals surface area contributed by atoms with Gasteiger partial charge in [0.25, 0.3) is 5.91 Å². The third-order valence-electron chi connectivity index (χ3n) is 7.35. The number of thioether (sulfide) groups is 1. The van der Waals surface area contributed by atoms with E-state index in [1.54, 1.807) is 0 Å². The Labute approximate surface area is 185 Å². The molecule has 156 valence electrons. The molecule has 1 aromatic carbocycles. The van der Waals surface area contributed by atoms with Gasteiger partial charge in [0.05, 0.1) is 0 Å². The molecule has 2 N–H and O–H groups in total. The number of rotatable bonds is 6. The summed E-state index contributed by atoms with van der Waals surface area (Å²) in [6.07, 6.45) is 5.17. The van der Waals surface area contributed by atoms with Crippen LogP contribution in [0.5, 0.6) is 0 Å². The number of allylic oxidation sites excluding steroid dienone is 1. The predicted octanol–water partition coefficient (Wildman–Crippen LogP) is 3.85. The molecular weight excluding hydrogens is 448 g/mol. The highest BCUT2D eigenvalue weighted by Crippen LogP contribution is 2.48. The molecule has 5 atom stereocenters. The van der Waals surface area contributed by atoms with Gasteiger partial charge in [0.2, 0.25) is 0 Å². The number of carbonyl (C=O) groups is 1. The van der Waals surface area contributed by atoms with Crippen LogP contribution in [0.4, 0.5) is 0 Å². The number of hydrogen-bond donors (Lipinski definition) is 2. The van der Waals surface area contributed by atoms with Gasteiger partial charge < -0.3 is 15.3 Å². The fourth-order valence-electron chi connectivity index (χ4n) is 5.71. The zero-order valence-electron chi connectivity index (χ0n) is 16.6.